The molecule has 2 amide bonds. The van der Waals surface area contributed by atoms with E-state index >= 15 is 0 Å². The summed E-state index contributed by atoms with van der Waals surface area (Å²) in [6, 6.07) is 10.9. The maximum absolute atomic E-state index is 13.9. The van der Waals surface area contributed by atoms with Crippen LogP contribution in [0.25, 0.3) is 0 Å². The molecule has 1 aliphatic heterocycles. The monoisotopic (exact) mass is 370 g/mol. The molecule has 2 aromatic carbocycles. The van der Waals surface area contributed by atoms with Crippen molar-refractivity contribution in [3.8, 4) is 5.75 Å². The molecule has 0 radical (unpaired) electrons. The Hall–Kier alpha value is -2.89. The molecule has 0 aliphatic carbocycles. The first-order valence-corrected chi connectivity index (χ1v) is 9.13. The van der Waals surface area contributed by atoms with Crippen LogP contribution in [0.3, 0.4) is 0 Å². The maximum Gasteiger partial charge on any atom is 0.255 e. The molecular weight excluding hydrogens is 347 g/mol. The Morgan fingerprint density at radius 1 is 1.04 bits per heavy atom. The Morgan fingerprint density at radius 3 is 2.41 bits per heavy atom. The van der Waals surface area contributed by atoms with Gasteiger partial charge in [-0.15, -0.1) is 0 Å². The van der Waals surface area contributed by atoms with Crippen LogP contribution in [0, 0.1) is 5.82 Å². The topological polar surface area (TPSA) is 58.6 Å². The molecule has 27 heavy (non-hydrogen) atoms. The minimum absolute atomic E-state index is 0.0725. The average molecular weight is 370 g/mol. The van der Waals surface area contributed by atoms with Gasteiger partial charge in [0.25, 0.3) is 11.8 Å². The molecule has 0 atom stereocenters. The van der Waals surface area contributed by atoms with Gasteiger partial charge < -0.3 is 15.0 Å². The normalized spacial score (nSPS) is 14.4. The molecule has 1 heterocycles. The number of methoxy groups -OCH3 is 1. The van der Waals surface area contributed by atoms with Crippen molar-refractivity contribution in [2.45, 2.75) is 25.7 Å². The number of nitrogens with one attached hydrogen (secondary N) is 1. The molecule has 0 unspecified atom stereocenters. The zero-order valence-electron chi connectivity index (χ0n) is 15.3. The van der Waals surface area contributed by atoms with Crippen molar-refractivity contribution < 1.29 is 18.7 Å². The molecule has 0 bridgehead atoms. The van der Waals surface area contributed by atoms with Crippen molar-refractivity contribution in [2.24, 2.45) is 0 Å². The van der Waals surface area contributed by atoms with Crippen LogP contribution < -0.4 is 10.1 Å². The van der Waals surface area contributed by atoms with Crippen LogP contribution in [0.15, 0.2) is 42.5 Å². The highest BCUT2D eigenvalue weighted by atomic mass is 19.1. The maximum atomic E-state index is 13.9. The predicted octanol–water partition coefficient (Wildman–Crippen LogP) is 4.10. The Labute approximate surface area is 158 Å². The van der Waals surface area contributed by atoms with Gasteiger partial charge in [-0.25, -0.2) is 4.39 Å². The van der Waals surface area contributed by atoms with E-state index in [1.807, 2.05) is 4.90 Å². The molecule has 142 valence electrons. The van der Waals surface area contributed by atoms with Gasteiger partial charge in [-0.2, -0.15) is 0 Å². The van der Waals surface area contributed by atoms with E-state index in [1.54, 1.807) is 24.3 Å². The number of rotatable bonds is 4. The number of nitrogens with zero attached hydrogens (tertiary/aromatic N) is 1. The lowest BCUT2D eigenvalue weighted by molar-refractivity contribution is 0.0762. The van der Waals surface area contributed by atoms with Gasteiger partial charge in [0.1, 0.15) is 0 Å². The quantitative estimate of drug-likeness (QED) is 0.881. The third-order valence-electron chi connectivity index (χ3n) is 4.71. The Bertz CT molecular complexity index is 830. The molecular formula is C21H23FN2O3. The van der Waals surface area contributed by atoms with Crippen LogP contribution in [-0.4, -0.2) is 36.9 Å². The molecule has 5 nitrogen and oxygen atoms in total. The predicted molar refractivity (Wildman–Crippen MR) is 102 cm³/mol. The van der Waals surface area contributed by atoms with Gasteiger partial charge in [0, 0.05) is 18.7 Å². The third-order valence-corrected chi connectivity index (χ3v) is 4.71. The summed E-state index contributed by atoms with van der Waals surface area (Å²) in [5.74, 6) is -1.11. The summed E-state index contributed by atoms with van der Waals surface area (Å²) in [7, 11) is 1.36. The van der Waals surface area contributed by atoms with Crippen molar-refractivity contribution in [1.82, 2.24) is 4.90 Å². The van der Waals surface area contributed by atoms with Crippen molar-refractivity contribution in [1.29, 1.82) is 0 Å². The SMILES string of the molecule is COc1ccc(C(=O)Nc2ccccc2C(=O)N2CCCCCC2)cc1F. The summed E-state index contributed by atoms with van der Waals surface area (Å²) in [6.45, 7) is 1.45. The zero-order chi connectivity index (χ0) is 19.2. The summed E-state index contributed by atoms with van der Waals surface area (Å²) in [5, 5.41) is 2.73. The fourth-order valence-corrected chi connectivity index (χ4v) is 3.22. The molecule has 1 fully saturated rings. The molecule has 3 rings (SSSR count). The molecule has 0 spiro atoms. The number of halogens is 1. The van der Waals surface area contributed by atoms with Gasteiger partial charge in [-0.1, -0.05) is 25.0 Å². The number of benzene rings is 2. The molecule has 2 aromatic rings. The van der Waals surface area contributed by atoms with Crippen LogP contribution in [-0.2, 0) is 0 Å². The average Bonchev–Trinajstić information content (AvgIpc) is 2.97. The Kier molecular flexibility index (Phi) is 6.06. The minimum Gasteiger partial charge on any atom is -0.494 e. The molecule has 1 saturated heterocycles. The summed E-state index contributed by atoms with van der Waals surface area (Å²) in [4.78, 5) is 27.3. The number of hydrogen-bond donors (Lipinski definition) is 1. The lowest BCUT2D eigenvalue weighted by Crippen LogP contribution is -2.32. The summed E-state index contributed by atoms with van der Waals surface area (Å²) >= 11 is 0. The highest BCUT2D eigenvalue weighted by Gasteiger charge is 2.21. The second kappa shape index (κ2) is 8.66. The van der Waals surface area contributed by atoms with E-state index in [1.165, 1.54) is 19.2 Å². The van der Waals surface area contributed by atoms with Crippen molar-refractivity contribution in [3.63, 3.8) is 0 Å². The number of hydrogen-bond acceptors (Lipinski definition) is 3. The molecule has 0 saturated carbocycles. The fourth-order valence-electron chi connectivity index (χ4n) is 3.22. The number of amides is 2. The number of ether oxygens (including phenoxy) is 1. The van der Waals surface area contributed by atoms with Crippen molar-refractivity contribution in [2.75, 3.05) is 25.5 Å². The van der Waals surface area contributed by atoms with Gasteiger partial charge in [0.15, 0.2) is 11.6 Å². The first-order valence-electron chi connectivity index (χ1n) is 9.13. The number of carbonyl (C=O) groups is 2. The van der Waals surface area contributed by atoms with Gasteiger partial charge in [0.05, 0.1) is 18.4 Å². The second-order valence-electron chi connectivity index (χ2n) is 6.56. The van der Waals surface area contributed by atoms with Gasteiger partial charge in [-0.05, 0) is 43.2 Å². The van der Waals surface area contributed by atoms with Crippen LogP contribution in [0.1, 0.15) is 46.4 Å². The van der Waals surface area contributed by atoms with Gasteiger partial charge in [0.2, 0.25) is 0 Å². The van der Waals surface area contributed by atoms with E-state index in [0.717, 1.165) is 44.8 Å². The highest BCUT2D eigenvalue weighted by Crippen LogP contribution is 2.22. The van der Waals surface area contributed by atoms with Gasteiger partial charge in [-0.3, -0.25) is 9.59 Å². The summed E-state index contributed by atoms with van der Waals surface area (Å²) < 4.78 is 18.7. The van der Waals surface area contributed by atoms with Crippen molar-refractivity contribution in [3.05, 3.63) is 59.4 Å². The van der Waals surface area contributed by atoms with Crippen molar-refractivity contribution >= 4 is 17.5 Å². The van der Waals surface area contributed by atoms with E-state index < -0.39 is 11.7 Å². The van der Waals surface area contributed by atoms with Crippen LogP contribution >= 0.6 is 0 Å². The molecule has 1 N–H and O–H groups in total. The first kappa shape index (κ1) is 18.9. The van der Waals surface area contributed by atoms with Gasteiger partial charge >= 0.3 is 0 Å². The highest BCUT2D eigenvalue weighted by molar-refractivity contribution is 6.09. The first-order chi connectivity index (χ1) is 13.1. The van der Waals surface area contributed by atoms with E-state index in [9.17, 15) is 14.0 Å². The lowest BCUT2D eigenvalue weighted by atomic mass is 10.1. The van der Waals surface area contributed by atoms with Crippen LogP contribution in [0.4, 0.5) is 10.1 Å². The minimum atomic E-state index is -0.612. The number of anilines is 1. The summed E-state index contributed by atoms with van der Waals surface area (Å²) in [5.41, 5.74) is 1.03. The Balaban J connectivity index is 1.80. The number of para-hydroxylation sites is 1. The third kappa shape index (κ3) is 4.45. The van der Waals surface area contributed by atoms with E-state index in [2.05, 4.69) is 5.32 Å². The smallest absolute Gasteiger partial charge is 0.255 e. The molecule has 1 aliphatic rings. The Morgan fingerprint density at radius 2 is 1.74 bits per heavy atom. The van der Waals surface area contributed by atoms with Crippen LogP contribution in [0.5, 0.6) is 5.75 Å². The number of likely N-dealkylation sites (tertiary alicyclic amines) is 1. The fraction of sp³-hybridized carbons (Fsp3) is 0.333. The van der Waals surface area contributed by atoms with E-state index in [-0.39, 0.29) is 17.2 Å². The molecule has 6 heteroatoms. The lowest BCUT2D eigenvalue weighted by Gasteiger charge is -2.22. The standard InChI is InChI=1S/C21H23FN2O3/c1-27-19-11-10-15(14-17(19)22)20(25)23-18-9-5-4-8-16(18)21(26)24-12-6-2-3-7-13-24/h4-5,8-11,14H,2-3,6-7,12-13H2,1H3,(H,23,25). The van der Waals surface area contributed by atoms with E-state index in [0.29, 0.717) is 11.3 Å². The second-order valence-corrected chi connectivity index (χ2v) is 6.56. The summed E-state index contributed by atoms with van der Waals surface area (Å²) in [6.07, 6.45) is 4.24. The van der Waals surface area contributed by atoms with E-state index in [4.69, 9.17) is 4.74 Å². The zero-order valence-corrected chi connectivity index (χ0v) is 15.3. The molecule has 0 aromatic heterocycles. The largest absolute Gasteiger partial charge is 0.494 e. The van der Waals surface area contributed by atoms with Crippen LogP contribution in [0.2, 0.25) is 0 Å². The number of carbonyl (C=O) groups excluding carboxylic acids is 2.